The van der Waals surface area contributed by atoms with Crippen LogP contribution in [0.2, 0.25) is 0 Å². The highest BCUT2D eigenvalue weighted by atomic mass is 19.1. The van der Waals surface area contributed by atoms with E-state index in [4.69, 9.17) is 14.6 Å². The van der Waals surface area contributed by atoms with Gasteiger partial charge in [0.1, 0.15) is 28.9 Å². The van der Waals surface area contributed by atoms with Crippen molar-refractivity contribution in [1.82, 2.24) is 0 Å². The van der Waals surface area contributed by atoms with E-state index in [0.29, 0.717) is 60.5 Å². The number of unbranched alkanes of at least 4 members (excludes halogenated alkanes) is 1. The lowest BCUT2D eigenvalue weighted by molar-refractivity contribution is -0.138. The number of aliphatic carboxylic acids is 2. The first-order chi connectivity index (χ1) is 21.2. The zero-order valence-electron chi connectivity index (χ0n) is 24.1. The third kappa shape index (κ3) is 9.04. The molecule has 4 aromatic rings. The summed E-state index contributed by atoms with van der Waals surface area (Å²) in [6, 6.07) is 20.6. The van der Waals surface area contributed by atoms with Crippen molar-refractivity contribution in [3.63, 3.8) is 0 Å². The maximum atomic E-state index is 13.7. The van der Waals surface area contributed by atoms with Gasteiger partial charge in [-0.05, 0) is 103 Å². The summed E-state index contributed by atoms with van der Waals surface area (Å²) in [5, 5.41) is 29.0. The highest BCUT2D eigenvalue weighted by Crippen LogP contribution is 2.37. The van der Waals surface area contributed by atoms with Crippen LogP contribution >= 0.6 is 0 Å². The molecule has 4 aromatic carbocycles. The lowest BCUT2D eigenvalue weighted by Gasteiger charge is -2.17. The van der Waals surface area contributed by atoms with Crippen LogP contribution in [0.25, 0.3) is 22.3 Å². The lowest BCUT2D eigenvalue weighted by Crippen LogP contribution is -2.07. The molecule has 0 aliphatic heterocycles. The average molecular weight is 605 g/mol. The second kappa shape index (κ2) is 15.5. The minimum atomic E-state index is -0.954. The third-order valence-corrected chi connectivity index (χ3v) is 7.10. The van der Waals surface area contributed by atoms with Crippen molar-refractivity contribution in [3.05, 3.63) is 102 Å². The van der Waals surface area contributed by atoms with Gasteiger partial charge in [0.15, 0.2) is 0 Å². The standard InChI is InChI=1S/C35H34F2O7/c36-26-13-9-23(10-14-26)29-22-30(24-11-15-27(37)16-12-24)31(38)21-25(29)5-4-20-44-33-7-3-6-32(28(33)17-18-35(41)42)43-19-2-1-8-34(39)40/h3,6-7,9-16,21-22,38H,1-2,4-5,8,17-20H2,(H,39,40)(H,41,42). The Morgan fingerprint density at radius 1 is 0.636 bits per heavy atom. The number of carboxylic acids is 2. The van der Waals surface area contributed by atoms with Crippen LogP contribution in [0.5, 0.6) is 17.2 Å². The van der Waals surface area contributed by atoms with Crippen LogP contribution in [0.15, 0.2) is 78.9 Å². The number of halogens is 2. The Bertz CT molecular complexity index is 1570. The van der Waals surface area contributed by atoms with Gasteiger partial charge in [-0.25, -0.2) is 8.78 Å². The average Bonchev–Trinajstić information content (AvgIpc) is 2.99. The van der Waals surface area contributed by atoms with Gasteiger partial charge in [0.2, 0.25) is 0 Å². The van der Waals surface area contributed by atoms with Crippen molar-refractivity contribution in [2.45, 2.75) is 44.9 Å². The van der Waals surface area contributed by atoms with Gasteiger partial charge in [-0.3, -0.25) is 9.59 Å². The number of carbonyl (C=O) groups is 2. The molecular formula is C35H34F2O7. The van der Waals surface area contributed by atoms with Crippen LogP contribution < -0.4 is 9.47 Å². The predicted molar refractivity (Wildman–Crippen MR) is 162 cm³/mol. The first-order valence-corrected chi connectivity index (χ1v) is 14.4. The predicted octanol–water partition coefficient (Wildman–Crippen LogP) is 7.67. The Morgan fingerprint density at radius 2 is 1.18 bits per heavy atom. The molecule has 0 atom stereocenters. The van der Waals surface area contributed by atoms with Gasteiger partial charge in [-0.1, -0.05) is 30.3 Å². The maximum absolute atomic E-state index is 13.7. The fraction of sp³-hybridized carbons (Fsp3) is 0.257. The summed E-state index contributed by atoms with van der Waals surface area (Å²) in [6.07, 6.45) is 2.19. The van der Waals surface area contributed by atoms with E-state index in [2.05, 4.69) is 0 Å². The highest BCUT2D eigenvalue weighted by molar-refractivity contribution is 5.79. The van der Waals surface area contributed by atoms with E-state index in [1.54, 1.807) is 48.5 Å². The third-order valence-electron chi connectivity index (χ3n) is 7.10. The van der Waals surface area contributed by atoms with Crippen LogP contribution in [0.1, 0.15) is 43.2 Å². The number of phenolic OH excluding ortho intramolecular Hbond substituents is 1. The molecule has 44 heavy (non-hydrogen) atoms. The Balaban J connectivity index is 1.50. The topological polar surface area (TPSA) is 113 Å². The lowest BCUT2D eigenvalue weighted by atomic mass is 9.91. The van der Waals surface area contributed by atoms with E-state index in [-0.39, 0.29) is 43.3 Å². The normalized spacial score (nSPS) is 10.9. The monoisotopic (exact) mass is 604 g/mol. The van der Waals surface area contributed by atoms with Crippen LogP contribution in [0, 0.1) is 11.6 Å². The highest BCUT2D eigenvalue weighted by Gasteiger charge is 2.16. The van der Waals surface area contributed by atoms with Crippen molar-refractivity contribution in [3.8, 4) is 39.5 Å². The molecule has 0 bridgehead atoms. The second-order valence-corrected chi connectivity index (χ2v) is 10.3. The molecule has 0 saturated heterocycles. The smallest absolute Gasteiger partial charge is 0.303 e. The molecular weight excluding hydrogens is 570 g/mol. The number of rotatable bonds is 16. The Morgan fingerprint density at radius 3 is 1.75 bits per heavy atom. The molecule has 0 heterocycles. The summed E-state index contributed by atoms with van der Waals surface area (Å²) in [7, 11) is 0. The molecule has 3 N–H and O–H groups in total. The summed E-state index contributed by atoms with van der Waals surface area (Å²) in [4.78, 5) is 22.1. The molecule has 0 aromatic heterocycles. The molecule has 230 valence electrons. The van der Waals surface area contributed by atoms with E-state index in [9.17, 15) is 28.6 Å². The summed E-state index contributed by atoms with van der Waals surface area (Å²) in [5.74, 6) is -1.55. The molecule has 0 saturated carbocycles. The zero-order chi connectivity index (χ0) is 31.5. The van der Waals surface area contributed by atoms with Crippen LogP contribution in [-0.4, -0.2) is 40.5 Å². The van der Waals surface area contributed by atoms with Crippen molar-refractivity contribution in [1.29, 1.82) is 0 Å². The van der Waals surface area contributed by atoms with Crippen LogP contribution in [0.3, 0.4) is 0 Å². The number of benzene rings is 4. The SMILES string of the molecule is O=C(O)CCCCOc1cccc(OCCCc2cc(O)c(-c3ccc(F)cc3)cc2-c2ccc(F)cc2)c1CCC(=O)O. The molecule has 0 fully saturated rings. The first kappa shape index (κ1) is 32.0. The number of aromatic hydroxyl groups is 1. The van der Waals surface area contributed by atoms with Crippen molar-refractivity contribution in [2.24, 2.45) is 0 Å². The maximum Gasteiger partial charge on any atom is 0.303 e. The molecule has 0 spiro atoms. The fourth-order valence-electron chi connectivity index (χ4n) is 4.90. The van der Waals surface area contributed by atoms with Gasteiger partial charge in [0, 0.05) is 24.0 Å². The first-order valence-electron chi connectivity index (χ1n) is 14.4. The number of hydrogen-bond acceptors (Lipinski definition) is 5. The van der Waals surface area contributed by atoms with Gasteiger partial charge in [-0.2, -0.15) is 0 Å². The molecule has 0 aliphatic rings. The Labute approximate surface area is 254 Å². The van der Waals surface area contributed by atoms with E-state index in [0.717, 1.165) is 16.7 Å². The molecule has 0 unspecified atom stereocenters. The molecule has 9 heteroatoms. The molecule has 0 amide bonds. The largest absolute Gasteiger partial charge is 0.507 e. The van der Waals surface area contributed by atoms with E-state index in [1.807, 2.05) is 6.07 Å². The van der Waals surface area contributed by atoms with Gasteiger partial charge in [0.05, 0.1) is 13.2 Å². The summed E-state index contributed by atoms with van der Waals surface area (Å²) >= 11 is 0. The molecule has 7 nitrogen and oxygen atoms in total. The summed E-state index contributed by atoms with van der Waals surface area (Å²) < 4.78 is 39.2. The molecule has 4 rings (SSSR count). The number of aryl methyl sites for hydroxylation is 1. The quantitative estimate of drug-likeness (QED) is 0.113. The minimum Gasteiger partial charge on any atom is -0.507 e. The summed E-state index contributed by atoms with van der Waals surface area (Å²) in [6.45, 7) is 0.575. The zero-order valence-corrected chi connectivity index (χ0v) is 24.1. The Kier molecular flexibility index (Phi) is 11.3. The number of hydrogen-bond donors (Lipinski definition) is 3. The van der Waals surface area contributed by atoms with Gasteiger partial charge in [0.25, 0.3) is 0 Å². The Hall–Kier alpha value is -4.92. The number of carboxylic acid groups (broad SMARTS) is 2. The van der Waals surface area contributed by atoms with Crippen LogP contribution in [-0.2, 0) is 22.4 Å². The van der Waals surface area contributed by atoms with E-state index in [1.165, 1.54) is 24.3 Å². The van der Waals surface area contributed by atoms with E-state index >= 15 is 0 Å². The number of ether oxygens (including phenoxy) is 2. The fourth-order valence-corrected chi connectivity index (χ4v) is 4.90. The molecule has 0 aliphatic carbocycles. The van der Waals surface area contributed by atoms with Crippen molar-refractivity contribution < 1.29 is 43.2 Å². The van der Waals surface area contributed by atoms with Crippen molar-refractivity contribution >= 4 is 11.9 Å². The molecule has 0 radical (unpaired) electrons. The second-order valence-electron chi connectivity index (χ2n) is 10.3. The summed E-state index contributed by atoms with van der Waals surface area (Å²) in [5.41, 5.74) is 4.15. The van der Waals surface area contributed by atoms with Gasteiger partial charge in [-0.15, -0.1) is 0 Å². The van der Waals surface area contributed by atoms with E-state index < -0.39 is 11.9 Å². The van der Waals surface area contributed by atoms with Gasteiger partial charge < -0.3 is 24.8 Å². The van der Waals surface area contributed by atoms with Crippen molar-refractivity contribution in [2.75, 3.05) is 13.2 Å². The van der Waals surface area contributed by atoms with Crippen LogP contribution in [0.4, 0.5) is 8.78 Å². The van der Waals surface area contributed by atoms with Gasteiger partial charge >= 0.3 is 11.9 Å². The number of phenols is 1. The minimum absolute atomic E-state index is 0.0301.